The van der Waals surface area contributed by atoms with E-state index in [1.807, 2.05) is 13.1 Å². The van der Waals surface area contributed by atoms with E-state index in [9.17, 15) is 0 Å². The molecule has 3 nitrogen and oxygen atoms in total. The number of pyridine rings is 1. The molecule has 2 heterocycles. The van der Waals surface area contributed by atoms with Crippen LogP contribution in [0.3, 0.4) is 0 Å². The summed E-state index contributed by atoms with van der Waals surface area (Å²) in [4.78, 5) is 4.20. The van der Waals surface area contributed by atoms with Crippen LogP contribution in [0.15, 0.2) is 30.7 Å². The third-order valence-electron chi connectivity index (χ3n) is 3.33. The first kappa shape index (κ1) is 16.3. The molecule has 0 aliphatic heterocycles. The first-order valence-corrected chi connectivity index (χ1v) is 11.3. The Morgan fingerprint density at radius 2 is 2.05 bits per heavy atom. The van der Waals surface area contributed by atoms with Crippen LogP contribution in [0.25, 0.3) is 11.1 Å². The molecular weight excluding hydrogens is 300 g/mol. The molecule has 21 heavy (non-hydrogen) atoms. The molecule has 2 rings (SSSR count). The quantitative estimate of drug-likeness (QED) is 0.433. The van der Waals surface area contributed by atoms with Gasteiger partial charge in [-0.2, -0.15) is 0 Å². The zero-order valence-electron chi connectivity index (χ0n) is 13.2. The molecule has 0 bridgehead atoms. The SMILES string of the molecule is Cc1cc(-c2ccn(COCC[Si](C)(C)C)c2)cnc1Cl. The van der Waals surface area contributed by atoms with Gasteiger partial charge in [0.05, 0.1) is 0 Å². The molecule has 0 aliphatic rings. The van der Waals surface area contributed by atoms with Gasteiger partial charge in [-0.3, -0.25) is 0 Å². The van der Waals surface area contributed by atoms with Gasteiger partial charge in [-0.15, -0.1) is 0 Å². The highest BCUT2D eigenvalue weighted by atomic mass is 35.5. The zero-order valence-corrected chi connectivity index (χ0v) is 14.9. The lowest BCUT2D eigenvalue weighted by molar-refractivity contribution is 0.0875. The molecule has 2 aromatic heterocycles. The highest BCUT2D eigenvalue weighted by molar-refractivity contribution is 6.76. The Morgan fingerprint density at radius 1 is 1.29 bits per heavy atom. The van der Waals surface area contributed by atoms with Crippen molar-refractivity contribution in [2.45, 2.75) is 39.3 Å². The van der Waals surface area contributed by atoms with Crippen molar-refractivity contribution >= 4 is 19.7 Å². The molecule has 2 aromatic rings. The second-order valence-electron chi connectivity index (χ2n) is 6.59. The minimum atomic E-state index is -1.01. The number of hydrogen-bond donors (Lipinski definition) is 0. The molecule has 0 saturated heterocycles. The van der Waals surface area contributed by atoms with Crippen molar-refractivity contribution in [1.82, 2.24) is 9.55 Å². The van der Waals surface area contributed by atoms with Crippen molar-refractivity contribution in [1.29, 1.82) is 0 Å². The van der Waals surface area contributed by atoms with Crippen LogP contribution in [0.5, 0.6) is 0 Å². The summed E-state index contributed by atoms with van der Waals surface area (Å²) in [5, 5.41) is 0.563. The van der Waals surface area contributed by atoms with Crippen LogP contribution in [0.4, 0.5) is 0 Å². The molecule has 0 N–H and O–H groups in total. The monoisotopic (exact) mass is 322 g/mol. The normalized spacial score (nSPS) is 11.9. The molecule has 5 heteroatoms. The maximum Gasteiger partial charge on any atom is 0.131 e. The summed E-state index contributed by atoms with van der Waals surface area (Å²) >= 11 is 5.96. The van der Waals surface area contributed by atoms with E-state index >= 15 is 0 Å². The Kier molecular flexibility index (Phi) is 5.25. The van der Waals surface area contributed by atoms with Crippen molar-refractivity contribution in [2.24, 2.45) is 0 Å². The molecule has 0 amide bonds. The van der Waals surface area contributed by atoms with Crippen LogP contribution in [0.2, 0.25) is 30.8 Å². The molecule has 114 valence electrons. The molecule has 0 radical (unpaired) electrons. The van der Waals surface area contributed by atoms with Gasteiger partial charge in [0.15, 0.2) is 0 Å². The van der Waals surface area contributed by atoms with Gasteiger partial charge in [-0.25, -0.2) is 4.98 Å². The summed E-state index contributed by atoms with van der Waals surface area (Å²) in [6.45, 7) is 10.5. The molecule has 0 aromatic carbocycles. The van der Waals surface area contributed by atoms with Crippen molar-refractivity contribution in [3.63, 3.8) is 0 Å². The molecule has 0 aliphatic carbocycles. The summed E-state index contributed by atoms with van der Waals surface area (Å²) < 4.78 is 7.81. The van der Waals surface area contributed by atoms with Gasteiger partial charge >= 0.3 is 0 Å². The van der Waals surface area contributed by atoms with E-state index in [1.54, 1.807) is 6.20 Å². The number of aromatic nitrogens is 2. The Labute approximate surface area is 132 Å². The van der Waals surface area contributed by atoms with Gasteiger partial charge in [0.25, 0.3) is 0 Å². The topological polar surface area (TPSA) is 27.1 Å². The van der Waals surface area contributed by atoms with Crippen molar-refractivity contribution < 1.29 is 4.74 Å². The molecule has 0 unspecified atom stereocenters. The minimum absolute atomic E-state index is 0.563. The van der Waals surface area contributed by atoms with Gasteiger partial charge in [0, 0.05) is 44.4 Å². The average Bonchev–Trinajstić information content (AvgIpc) is 2.86. The largest absolute Gasteiger partial charge is 0.361 e. The fourth-order valence-corrected chi connectivity index (χ4v) is 2.82. The molecule has 0 saturated carbocycles. The second-order valence-corrected chi connectivity index (χ2v) is 12.6. The number of rotatable bonds is 6. The molecular formula is C16H23ClN2OSi. The van der Waals surface area contributed by atoms with Gasteiger partial charge in [-0.1, -0.05) is 31.2 Å². The lowest BCUT2D eigenvalue weighted by Crippen LogP contribution is -2.21. The standard InChI is InChI=1S/C16H23ClN2OSi/c1-13-9-15(10-18-16(13)17)14-5-6-19(11-14)12-20-7-8-21(2,3)4/h5-6,9-11H,7-8,12H2,1-4H3. The maximum absolute atomic E-state index is 5.96. The van der Waals surface area contributed by atoms with E-state index in [2.05, 4.69) is 47.5 Å². The van der Waals surface area contributed by atoms with Crippen LogP contribution in [0.1, 0.15) is 5.56 Å². The molecule has 0 fully saturated rings. The van der Waals surface area contributed by atoms with Crippen molar-refractivity contribution in [3.05, 3.63) is 41.4 Å². The summed E-state index contributed by atoms with van der Waals surface area (Å²) in [5.41, 5.74) is 3.21. The van der Waals surface area contributed by atoms with E-state index < -0.39 is 8.07 Å². The van der Waals surface area contributed by atoms with E-state index in [-0.39, 0.29) is 0 Å². The fraction of sp³-hybridized carbons (Fsp3) is 0.438. The molecule has 0 atom stereocenters. The number of halogens is 1. The number of aryl methyl sites for hydroxylation is 1. The second kappa shape index (κ2) is 6.77. The van der Waals surface area contributed by atoms with Crippen LogP contribution >= 0.6 is 11.6 Å². The Hall–Kier alpha value is -1.10. The van der Waals surface area contributed by atoms with Gasteiger partial charge in [-0.05, 0) is 30.7 Å². The van der Waals surface area contributed by atoms with E-state index in [0.29, 0.717) is 11.9 Å². The highest BCUT2D eigenvalue weighted by Gasteiger charge is 2.12. The summed E-state index contributed by atoms with van der Waals surface area (Å²) in [7, 11) is -1.01. The first-order chi connectivity index (χ1) is 9.85. The van der Waals surface area contributed by atoms with Gasteiger partial charge in [0.1, 0.15) is 11.9 Å². The van der Waals surface area contributed by atoms with E-state index in [0.717, 1.165) is 23.3 Å². The smallest absolute Gasteiger partial charge is 0.131 e. The molecule has 0 spiro atoms. The third kappa shape index (κ3) is 4.99. The average molecular weight is 323 g/mol. The van der Waals surface area contributed by atoms with Crippen LogP contribution in [-0.4, -0.2) is 24.2 Å². The summed E-state index contributed by atoms with van der Waals surface area (Å²) in [6, 6.07) is 5.33. The zero-order chi connectivity index (χ0) is 15.5. The Morgan fingerprint density at radius 3 is 2.71 bits per heavy atom. The lowest BCUT2D eigenvalue weighted by Gasteiger charge is -2.15. The number of nitrogens with zero attached hydrogens (tertiary/aromatic N) is 2. The van der Waals surface area contributed by atoms with Crippen molar-refractivity contribution in [2.75, 3.05) is 6.61 Å². The van der Waals surface area contributed by atoms with Gasteiger partial charge < -0.3 is 9.30 Å². The number of ether oxygens (including phenoxy) is 1. The van der Waals surface area contributed by atoms with Crippen molar-refractivity contribution in [3.8, 4) is 11.1 Å². The van der Waals surface area contributed by atoms with Crippen LogP contribution in [-0.2, 0) is 11.5 Å². The van der Waals surface area contributed by atoms with E-state index in [4.69, 9.17) is 16.3 Å². The third-order valence-corrected chi connectivity index (χ3v) is 5.43. The summed E-state index contributed by atoms with van der Waals surface area (Å²) in [5.74, 6) is 0. The Bertz CT molecular complexity index is 605. The first-order valence-electron chi connectivity index (χ1n) is 7.21. The van der Waals surface area contributed by atoms with Crippen LogP contribution in [0, 0.1) is 6.92 Å². The van der Waals surface area contributed by atoms with Crippen LogP contribution < -0.4 is 0 Å². The fourth-order valence-electron chi connectivity index (χ4n) is 1.96. The number of hydrogen-bond acceptors (Lipinski definition) is 2. The minimum Gasteiger partial charge on any atom is -0.361 e. The lowest BCUT2D eigenvalue weighted by atomic mass is 10.1. The summed E-state index contributed by atoms with van der Waals surface area (Å²) in [6.07, 6.45) is 5.92. The predicted octanol–water partition coefficient (Wildman–Crippen LogP) is 4.82. The highest BCUT2D eigenvalue weighted by Crippen LogP contribution is 2.23. The predicted molar refractivity (Wildman–Crippen MR) is 91.5 cm³/mol. The van der Waals surface area contributed by atoms with Gasteiger partial charge in [0.2, 0.25) is 0 Å². The maximum atomic E-state index is 5.96. The van der Waals surface area contributed by atoms with E-state index in [1.165, 1.54) is 6.04 Å². The Balaban J connectivity index is 1.93.